The number of rotatable bonds is 8. The number of hydrogen-bond donors (Lipinski definition) is 3. The van der Waals surface area contributed by atoms with E-state index in [0.29, 0.717) is 5.82 Å². The number of aromatic nitrogens is 2. The maximum atomic E-state index is 12.4. The summed E-state index contributed by atoms with van der Waals surface area (Å²) < 4.78 is 1.09. The second kappa shape index (κ2) is 8.97. The highest BCUT2D eigenvalue weighted by Gasteiger charge is 2.22. The second-order valence-electron chi connectivity index (χ2n) is 6.69. The molecule has 0 aliphatic carbocycles. The highest BCUT2D eigenvalue weighted by Crippen LogP contribution is 2.12. The smallest absolute Gasteiger partial charge is 0.349 e. The number of carboxylic acids is 1. The zero-order chi connectivity index (χ0) is 19.9. The molecule has 1 aromatic rings. The first kappa shape index (κ1) is 21.1. The average Bonchev–Trinajstić information content (AvgIpc) is 2.54. The molecule has 0 radical (unpaired) electrons. The van der Waals surface area contributed by atoms with Gasteiger partial charge in [0, 0.05) is 31.7 Å². The minimum Gasteiger partial charge on any atom is -0.480 e. The predicted molar refractivity (Wildman–Crippen MR) is 94.7 cm³/mol. The summed E-state index contributed by atoms with van der Waals surface area (Å²) in [6.07, 6.45) is 1.40. The van der Waals surface area contributed by atoms with Crippen molar-refractivity contribution < 1.29 is 19.5 Å². The predicted octanol–water partition coefficient (Wildman–Crippen LogP) is -0.639. The van der Waals surface area contributed by atoms with Crippen molar-refractivity contribution in [1.29, 1.82) is 0 Å². The van der Waals surface area contributed by atoms with Crippen molar-refractivity contribution in [2.24, 2.45) is 5.41 Å². The molecule has 0 aliphatic rings. The van der Waals surface area contributed by atoms with E-state index < -0.39 is 29.5 Å². The van der Waals surface area contributed by atoms with Crippen LogP contribution in [0.4, 0.5) is 5.82 Å². The average molecular weight is 367 g/mol. The zero-order valence-corrected chi connectivity index (χ0v) is 15.4. The summed E-state index contributed by atoms with van der Waals surface area (Å²) in [6, 6.07) is 1.53. The quantitative estimate of drug-likeness (QED) is 0.556. The molecule has 0 aromatic carbocycles. The van der Waals surface area contributed by atoms with E-state index in [-0.39, 0.29) is 25.5 Å². The molecule has 0 unspecified atom stereocenters. The van der Waals surface area contributed by atoms with Gasteiger partial charge in [-0.25, -0.2) is 4.79 Å². The molecule has 0 saturated heterocycles. The minimum atomic E-state index is -1.18. The van der Waals surface area contributed by atoms with E-state index in [1.165, 1.54) is 12.3 Å². The van der Waals surface area contributed by atoms with Gasteiger partial charge in [0.1, 0.15) is 18.9 Å². The third kappa shape index (κ3) is 6.54. The Kier molecular flexibility index (Phi) is 7.29. The number of hydrogen-bond acceptors (Lipinski definition) is 6. The summed E-state index contributed by atoms with van der Waals surface area (Å²) in [5.74, 6) is -1.58. The molecular weight excluding hydrogens is 342 g/mol. The fraction of sp³-hybridized carbons (Fsp3) is 0.562. The normalized spacial score (nSPS) is 10.9. The summed E-state index contributed by atoms with van der Waals surface area (Å²) in [5.41, 5.74) is -1.21. The molecule has 10 nitrogen and oxygen atoms in total. The van der Waals surface area contributed by atoms with E-state index >= 15 is 0 Å². The van der Waals surface area contributed by atoms with Crippen LogP contribution < -0.4 is 16.3 Å². The van der Waals surface area contributed by atoms with Crippen LogP contribution in [-0.2, 0) is 20.9 Å². The Morgan fingerprint density at radius 1 is 1.31 bits per heavy atom. The monoisotopic (exact) mass is 367 g/mol. The lowest BCUT2D eigenvalue weighted by atomic mass is 9.96. The molecule has 26 heavy (non-hydrogen) atoms. The molecule has 0 saturated carbocycles. The third-order valence-electron chi connectivity index (χ3n) is 3.46. The van der Waals surface area contributed by atoms with Crippen LogP contribution in [-0.4, -0.2) is 64.0 Å². The fourth-order valence-electron chi connectivity index (χ4n) is 1.96. The van der Waals surface area contributed by atoms with E-state index in [2.05, 4.69) is 15.6 Å². The minimum absolute atomic E-state index is 0.0176. The number of nitrogens with one attached hydrogen (secondary N) is 2. The molecule has 10 heteroatoms. The fourth-order valence-corrected chi connectivity index (χ4v) is 1.96. The SMILES string of the molecule is CNc1ccn(CC(=O)N(CCNC(=O)C(C)(C)C)CC(=O)O)c(=O)n1. The molecule has 144 valence electrons. The molecule has 2 amide bonds. The summed E-state index contributed by atoms with van der Waals surface area (Å²) in [6.45, 7) is 4.51. The summed E-state index contributed by atoms with van der Waals surface area (Å²) in [7, 11) is 1.61. The first-order chi connectivity index (χ1) is 12.0. The van der Waals surface area contributed by atoms with E-state index in [4.69, 9.17) is 5.11 Å². The lowest BCUT2D eigenvalue weighted by molar-refractivity contribution is -0.144. The first-order valence-corrected chi connectivity index (χ1v) is 8.07. The van der Waals surface area contributed by atoms with Gasteiger partial charge in [0.15, 0.2) is 0 Å². The molecule has 0 atom stereocenters. The molecular formula is C16H25N5O5. The highest BCUT2D eigenvalue weighted by molar-refractivity contribution is 5.82. The molecule has 0 bridgehead atoms. The number of anilines is 1. The van der Waals surface area contributed by atoms with E-state index in [9.17, 15) is 19.2 Å². The Labute approximate surface area is 151 Å². The Morgan fingerprint density at radius 3 is 2.46 bits per heavy atom. The van der Waals surface area contributed by atoms with Crippen LogP contribution in [0.25, 0.3) is 0 Å². The van der Waals surface area contributed by atoms with Crippen LogP contribution in [0, 0.1) is 5.41 Å². The van der Waals surface area contributed by atoms with Gasteiger partial charge in [-0.15, -0.1) is 0 Å². The summed E-state index contributed by atoms with van der Waals surface area (Å²) in [4.78, 5) is 51.9. The second-order valence-corrected chi connectivity index (χ2v) is 6.69. The molecule has 1 heterocycles. The van der Waals surface area contributed by atoms with Crippen molar-refractivity contribution in [3.8, 4) is 0 Å². The molecule has 3 N–H and O–H groups in total. The summed E-state index contributed by atoms with van der Waals surface area (Å²) >= 11 is 0. The van der Waals surface area contributed by atoms with Crippen molar-refractivity contribution in [2.75, 3.05) is 32.0 Å². The van der Waals surface area contributed by atoms with E-state index in [1.54, 1.807) is 27.8 Å². The molecule has 0 spiro atoms. The number of carbonyl (C=O) groups excluding carboxylic acids is 2. The number of carbonyl (C=O) groups is 3. The van der Waals surface area contributed by atoms with Crippen LogP contribution in [0.2, 0.25) is 0 Å². The van der Waals surface area contributed by atoms with Crippen molar-refractivity contribution in [1.82, 2.24) is 19.8 Å². The van der Waals surface area contributed by atoms with Gasteiger partial charge < -0.3 is 20.6 Å². The van der Waals surface area contributed by atoms with Gasteiger partial charge in [-0.1, -0.05) is 20.8 Å². The Balaban J connectivity index is 2.76. The Hall–Kier alpha value is -2.91. The highest BCUT2D eigenvalue weighted by atomic mass is 16.4. The number of aliphatic carboxylic acids is 1. The molecule has 0 aliphatic heterocycles. The Bertz CT molecular complexity index is 722. The van der Waals surface area contributed by atoms with Gasteiger partial charge in [-0.3, -0.25) is 19.0 Å². The topological polar surface area (TPSA) is 134 Å². The standard InChI is InChI=1S/C16H25N5O5/c1-16(2,3)14(25)18-6-8-20(10-13(23)24)12(22)9-21-7-5-11(17-4)19-15(21)26/h5,7H,6,8-10H2,1-4H3,(H,18,25)(H,23,24)(H,17,19,26). The van der Waals surface area contributed by atoms with Crippen molar-refractivity contribution in [2.45, 2.75) is 27.3 Å². The molecule has 1 rings (SSSR count). The van der Waals surface area contributed by atoms with Crippen LogP contribution in [0.3, 0.4) is 0 Å². The van der Waals surface area contributed by atoms with Crippen molar-refractivity contribution in [3.63, 3.8) is 0 Å². The van der Waals surface area contributed by atoms with Gasteiger partial charge in [0.05, 0.1) is 0 Å². The molecule has 0 fully saturated rings. The van der Waals surface area contributed by atoms with Crippen molar-refractivity contribution >= 4 is 23.6 Å². The zero-order valence-electron chi connectivity index (χ0n) is 15.4. The Morgan fingerprint density at radius 2 is 1.96 bits per heavy atom. The van der Waals surface area contributed by atoms with Crippen LogP contribution in [0.1, 0.15) is 20.8 Å². The number of nitrogens with zero attached hydrogens (tertiary/aromatic N) is 3. The van der Waals surface area contributed by atoms with Gasteiger partial charge in [-0.2, -0.15) is 4.98 Å². The van der Waals surface area contributed by atoms with Crippen LogP contribution in [0.15, 0.2) is 17.1 Å². The van der Waals surface area contributed by atoms with Gasteiger partial charge in [-0.05, 0) is 6.07 Å². The number of amides is 2. The molecule has 1 aromatic heterocycles. The maximum absolute atomic E-state index is 12.4. The lowest BCUT2D eigenvalue weighted by Crippen LogP contribution is -2.45. The largest absolute Gasteiger partial charge is 0.480 e. The lowest BCUT2D eigenvalue weighted by Gasteiger charge is -2.23. The van der Waals surface area contributed by atoms with E-state index in [0.717, 1.165) is 9.47 Å². The van der Waals surface area contributed by atoms with Crippen molar-refractivity contribution in [3.05, 3.63) is 22.7 Å². The third-order valence-corrected chi connectivity index (χ3v) is 3.46. The maximum Gasteiger partial charge on any atom is 0.349 e. The van der Waals surface area contributed by atoms with E-state index in [1.807, 2.05) is 0 Å². The summed E-state index contributed by atoms with van der Waals surface area (Å²) in [5, 5.41) is 14.4. The van der Waals surface area contributed by atoms with Gasteiger partial charge >= 0.3 is 11.7 Å². The van der Waals surface area contributed by atoms with Gasteiger partial charge in [0.2, 0.25) is 11.8 Å². The van der Waals surface area contributed by atoms with Gasteiger partial charge in [0.25, 0.3) is 0 Å². The van der Waals surface area contributed by atoms with Crippen LogP contribution in [0.5, 0.6) is 0 Å². The first-order valence-electron chi connectivity index (χ1n) is 8.07. The van der Waals surface area contributed by atoms with Crippen LogP contribution >= 0.6 is 0 Å². The number of carboxylic acid groups (broad SMARTS) is 1.